The maximum absolute atomic E-state index is 5.43. The molecular weight excluding hydrogens is 302 g/mol. The monoisotopic (exact) mass is 329 g/mol. The van der Waals surface area contributed by atoms with E-state index in [1.54, 1.807) is 13.3 Å². The smallest absolute Gasteiger partial charge is 0.193 e. The normalized spacial score (nSPS) is 11.4. The van der Waals surface area contributed by atoms with Crippen LogP contribution in [-0.2, 0) is 13.1 Å². The van der Waals surface area contributed by atoms with Crippen LogP contribution in [-0.4, -0.2) is 47.9 Å². The number of nitrogens with one attached hydrogen (secondary N) is 1. The van der Waals surface area contributed by atoms with Crippen LogP contribution in [0.15, 0.2) is 47.7 Å². The van der Waals surface area contributed by atoms with Crippen LogP contribution >= 0.6 is 0 Å². The molecule has 24 heavy (non-hydrogen) atoms. The van der Waals surface area contributed by atoms with Gasteiger partial charge in [-0.1, -0.05) is 18.2 Å². The van der Waals surface area contributed by atoms with Crippen molar-refractivity contribution in [2.75, 3.05) is 27.2 Å². The summed E-state index contributed by atoms with van der Waals surface area (Å²) in [6, 6.07) is 10.0. The minimum Gasteiger partial charge on any atom is -0.496 e. The molecule has 0 aliphatic carbocycles. The van der Waals surface area contributed by atoms with Gasteiger partial charge in [-0.15, -0.1) is 0 Å². The summed E-state index contributed by atoms with van der Waals surface area (Å²) in [6.45, 7) is 5.31. The van der Waals surface area contributed by atoms with Gasteiger partial charge in [-0.2, -0.15) is 5.10 Å². The largest absolute Gasteiger partial charge is 0.496 e. The summed E-state index contributed by atoms with van der Waals surface area (Å²) in [6.07, 6.45) is 4.73. The van der Waals surface area contributed by atoms with Crippen molar-refractivity contribution < 1.29 is 4.74 Å². The predicted octanol–water partition coefficient (Wildman–Crippen LogP) is 2.38. The van der Waals surface area contributed by atoms with Crippen LogP contribution in [0.1, 0.15) is 18.9 Å². The summed E-state index contributed by atoms with van der Waals surface area (Å²) in [4.78, 5) is 6.83. The van der Waals surface area contributed by atoms with E-state index in [0.29, 0.717) is 0 Å². The molecule has 0 radical (unpaired) electrons. The Morgan fingerprint density at radius 1 is 1.33 bits per heavy atom. The number of para-hydroxylation sites is 1. The molecule has 0 bridgehead atoms. The zero-order chi connectivity index (χ0) is 17.2. The number of benzene rings is 1. The van der Waals surface area contributed by atoms with Crippen LogP contribution < -0.4 is 10.1 Å². The molecule has 0 unspecified atom stereocenters. The molecule has 0 aliphatic rings. The SMILES string of the molecule is CCNC(=NCCCn1cccn1)N(C)Cc1ccccc1OC. The third kappa shape index (κ3) is 5.30. The van der Waals surface area contributed by atoms with Crippen LogP contribution in [0.3, 0.4) is 0 Å². The van der Waals surface area contributed by atoms with Crippen molar-refractivity contribution in [3.63, 3.8) is 0 Å². The highest BCUT2D eigenvalue weighted by atomic mass is 16.5. The fourth-order valence-corrected chi connectivity index (χ4v) is 2.48. The van der Waals surface area contributed by atoms with Gasteiger partial charge in [0.25, 0.3) is 0 Å². The molecule has 2 rings (SSSR count). The molecule has 0 aliphatic heterocycles. The second kappa shape index (κ2) is 9.60. The Balaban J connectivity index is 1.93. The molecule has 0 saturated heterocycles. The van der Waals surface area contributed by atoms with Crippen molar-refractivity contribution in [3.8, 4) is 5.75 Å². The van der Waals surface area contributed by atoms with E-state index in [-0.39, 0.29) is 0 Å². The van der Waals surface area contributed by atoms with Crippen molar-refractivity contribution in [3.05, 3.63) is 48.3 Å². The number of hydrogen-bond donors (Lipinski definition) is 1. The van der Waals surface area contributed by atoms with Gasteiger partial charge in [-0.05, 0) is 25.5 Å². The fraction of sp³-hybridized carbons (Fsp3) is 0.444. The number of aryl methyl sites for hydroxylation is 1. The minimum absolute atomic E-state index is 0.745. The number of ether oxygens (including phenoxy) is 1. The molecule has 0 saturated carbocycles. The molecule has 1 heterocycles. The van der Waals surface area contributed by atoms with E-state index in [1.165, 1.54) is 0 Å². The Morgan fingerprint density at radius 3 is 2.88 bits per heavy atom. The summed E-state index contributed by atoms with van der Waals surface area (Å²) in [5, 5.41) is 7.55. The summed E-state index contributed by atoms with van der Waals surface area (Å²) < 4.78 is 7.36. The minimum atomic E-state index is 0.745. The first kappa shape index (κ1) is 17.8. The Morgan fingerprint density at radius 2 is 2.17 bits per heavy atom. The predicted molar refractivity (Wildman–Crippen MR) is 97.3 cm³/mol. The van der Waals surface area contributed by atoms with E-state index in [2.05, 4.69) is 28.3 Å². The molecule has 0 amide bonds. The Kier molecular flexibility index (Phi) is 7.14. The quantitative estimate of drug-likeness (QED) is 0.459. The van der Waals surface area contributed by atoms with Crippen LogP contribution in [0.5, 0.6) is 5.75 Å². The van der Waals surface area contributed by atoms with Gasteiger partial charge in [-0.3, -0.25) is 9.67 Å². The lowest BCUT2D eigenvalue weighted by Gasteiger charge is -2.23. The average molecular weight is 329 g/mol. The molecular formula is C18H27N5O. The number of hydrogen-bond acceptors (Lipinski definition) is 3. The maximum Gasteiger partial charge on any atom is 0.193 e. The summed E-state index contributed by atoms with van der Waals surface area (Å²) in [5.41, 5.74) is 1.14. The van der Waals surface area contributed by atoms with Crippen molar-refractivity contribution in [1.29, 1.82) is 0 Å². The average Bonchev–Trinajstić information content (AvgIpc) is 3.11. The fourth-order valence-electron chi connectivity index (χ4n) is 2.48. The highest BCUT2D eigenvalue weighted by Crippen LogP contribution is 2.18. The van der Waals surface area contributed by atoms with Crippen LogP contribution in [0.25, 0.3) is 0 Å². The molecule has 0 atom stereocenters. The first-order valence-electron chi connectivity index (χ1n) is 8.33. The lowest BCUT2D eigenvalue weighted by molar-refractivity contribution is 0.396. The summed E-state index contributed by atoms with van der Waals surface area (Å²) in [7, 11) is 3.74. The van der Waals surface area contributed by atoms with Gasteiger partial charge in [0.2, 0.25) is 0 Å². The Bertz CT molecular complexity index is 624. The number of aliphatic imine (C=N–C) groups is 1. The molecule has 6 nitrogen and oxygen atoms in total. The maximum atomic E-state index is 5.43. The standard InChI is InChI=1S/C18H27N5O/c1-4-19-18(20-11-7-13-23-14-8-12-21-23)22(2)15-16-9-5-6-10-17(16)24-3/h5-6,8-10,12,14H,4,7,11,13,15H2,1-3H3,(H,19,20). The number of methoxy groups -OCH3 is 1. The Labute approximate surface area is 144 Å². The summed E-state index contributed by atoms with van der Waals surface area (Å²) in [5.74, 6) is 1.81. The lowest BCUT2D eigenvalue weighted by atomic mass is 10.2. The molecule has 130 valence electrons. The first-order valence-corrected chi connectivity index (χ1v) is 8.33. The van der Waals surface area contributed by atoms with E-state index in [9.17, 15) is 0 Å². The van der Waals surface area contributed by atoms with Crippen molar-refractivity contribution >= 4 is 5.96 Å². The number of nitrogens with zero attached hydrogens (tertiary/aromatic N) is 4. The molecule has 1 N–H and O–H groups in total. The lowest BCUT2D eigenvalue weighted by Crippen LogP contribution is -2.38. The van der Waals surface area contributed by atoms with Gasteiger partial charge in [0.05, 0.1) is 7.11 Å². The van der Waals surface area contributed by atoms with E-state index < -0.39 is 0 Å². The third-order valence-corrected chi connectivity index (χ3v) is 3.66. The van der Waals surface area contributed by atoms with Gasteiger partial charge in [-0.25, -0.2) is 0 Å². The second-order valence-electron chi connectivity index (χ2n) is 5.53. The van der Waals surface area contributed by atoms with Gasteiger partial charge in [0.15, 0.2) is 5.96 Å². The zero-order valence-electron chi connectivity index (χ0n) is 14.8. The van der Waals surface area contributed by atoms with E-state index in [0.717, 1.165) is 49.9 Å². The summed E-state index contributed by atoms with van der Waals surface area (Å²) >= 11 is 0. The highest BCUT2D eigenvalue weighted by molar-refractivity contribution is 5.79. The van der Waals surface area contributed by atoms with Crippen molar-refractivity contribution in [1.82, 2.24) is 20.0 Å². The van der Waals surface area contributed by atoms with Gasteiger partial charge in [0, 0.05) is 51.2 Å². The molecule has 2 aromatic rings. The third-order valence-electron chi connectivity index (χ3n) is 3.66. The zero-order valence-corrected chi connectivity index (χ0v) is 14.8. The molecule has 0 spiro atoms. The molecule has 6 heteroatoms. The van der Waals surface area contributed by atoms with Crippen molar-refractivity contribution in [2.24, 2.45) is 4.99 Å². The van der Waals surface area contributed by atoms with E-state index in [4.69, 9.17) is 9.73 Å². The number of rotatable bonds is 8. The Hall–Kier alpha value is -2.50. The first-order chi connectivity index (χ1) is 11.7. The molecule has 1 aromatic carbocycles. The van der Waals surface area contributed by atoms with Crippen LogP contribution in [0, 0.1) is 0 Å². The van der Waals surface area contributed by atoms with Crippen LogP contribution in [0.2, 0.25) is 0 Å². The molecule has 0 fully saturated rings. The van der Waals surface area contributed by atoms with Gasteiger partial charge < -0.3 is 15.0 Å². The van der Waals surface area contributed by atoms with Gasteiger partial charge >= 0.3 is 0 Å². The highest BCUT2D eigenvalue weighted by Gasteiger charge is 2.09. The van der Waals surface area contributed by atoms with E-state index in [1.807, 2.05) is 42.2 Å². The van der Waals surface area contributed by atoms with Crippen LogP contribution in [0.4, 0.5) is 0 Å². The van der Waals surface area contributed by atoms with Crippen molar-refractivity contribution in [2.45, 2.75) is 26.4 Å². The number of guanidine groups is 1. The van der Waals surface area contributed by atoms with E-state index >= 15 is 0 Å². The molecule has 1 aromatic heterocycles. The van der Waals surface area contributed by atoms with Gasteiger partial charge in [0.1, 0.15) is 5.75 Å². The topological polar surface area (TPSA) is 54.7 Å². The second-order valence-corrected chi connectivity index (χ2v) is 5.53. The number of aromatic nitrogens is 2.